The zero-order valence-corrected chi connectivity index (χ0v) is 22.9. The molecule has 0 bridgehead atoms. The summed E-state index contributed by atoms with van der Waals surface area (Å²) in [6, 6.07) is 57.2. The van der Waals surface area contributed by atoms with Crippen LogP contribution in [0, 0.1) is 0 Å². The highest BCUT2D eigenvalue weighted by Crippen LogP contribution is 2.43. The van der Waals surface area contributed by atoms with E-state index in [1.54, 1.807) is 0 Å². The van der Waals surface area contributed by atoms with Crippen LogP contribution in [0.15, 0.2) is 158 Å². The number of hydrogen-bond acceptors (Lipinski definition) is 0. The Bertz CT molecular complexity index is 2440. The predicted octanol–water partition coefficient (Wildman–Crippen LogP) is 10.7. The number of fused-ring (bicyclic) bond motifs is 8. The van der Waals surface area contributed by atoms with Crippen molar-refractivity contribution in [2.75, 3.05) is 0 Å². The molecule has 9 rings (SSSR count). The summed E-state index contributed by atoms with van der Waals surface area (Å²) in [4.78, 5) is 0. The molecular formula is C40H26N2. The molecule has 0 aliphatic heterocycles. The SMILES string of the molecule is c1ccc(-c2cc(-n3c4ccccc4c4ccc5c(c6ccccc6n5-c5ccccc5)c43)c3ccccc3c2)cc1. The van der Waals surface area contributed by atoms with Gasteiger partial charge >= 0.3 is 0 Å². The molecule has 0 atom stereocenters. The van der Waals surface area contributed by atoms with Crippen LogP contribution in [0.4, 0.5) is 0 Å². The van der Waals surface area contributed by atoms with Gasteiger partial charge in [-0.05, 0) is 59.0 Å². The first-order valence-corrected chi connectivity index (χ1v) is 14.5. The Morgan fingerprint density at radius 3 is 1.76 bits per heavy atom. The molecule has 0 aliphatic rings. The first kappa shape index (κ1) is 23.1. The minimum atomic E-state index is 1.17. The number of hydrogen-bond donors (Lipinski definition) is 0. The maximum atomic E-state index is 2.52. The molecule has 0 radical (unpaired) electrons. The molecule has 7 aromatic carbocycles. The average molecular weight is 535 g/mol. The van der Waals surface area contributed by atoms with Gasteiger partial charge < -0.3 is 9.13 Å². The van der Waals surface area contributed by atoms with Crippen LogP contribution in [-0.4, -0.2) is 9.13 Å². The van der Waals surface area contributed by atoms with Crippen molar-refractivity contribution in [2.24, 2.45) is 0 Å². The summed E-state index contributed by atoms with van der Waals surface area (Å²) in [6.45, 7) is 0. The summed E-state index contributed by atoms with van der Waals surface area (Å²) in [5.74, 6) is 0. The molecule has 2 heteroatoms. The summed E-state index contributed by atoms with van der Waals surface area (Å²) in [6.07, 6.45) is 0. The van der Waals surface area contributed by atoms with Gasteiger partial charge in [0, 0.05) is 32.6 Å². The molecule has 0 unspecified atom stereocenters. The van der Waals surface area contributed by atoms with Gasteiger partial charge in [-0.3, -0.25) is 0 Å². The maximum absolute atomic E-state index is 2.52. The van der Waals surface area contributed by atoms with Crippen LogP contribution in [0.2, 0.25) is 0 Å². The fourth-order valence-electron chi connectivity index (χ4n) is 6.89. The molecule has 42 heavy (non-hydrogen) atoms. The Balaban J connectivity index is 1.51. The van der Waals surface area contributed by atoms with Crippen molar-refractivity contribution >= 4 is 54.4 Å². The first-order valence-electron chi connectivity index (χ1n) is 14.5. The number of benzene rings is 7. The van der Waals surface area contributed by atoms with E-state index in [1.807, 2.05) is 0 Å². The van der Waals surface area contributed by atoms with Crippen LogP contribution in [0.3, 0.4) is 0 Å². The van der Waals surface area contributed by atoms with Crippen LogP contribution in [0.5, 0.6) is 0 Å². The third-order valence-electron chi connectivity index (χ3n) is 8.67. The van der Waals surface area contributed by atoms with Crippen molar-refractivity contribution in [1.29, 1.82) is 0 Å². The summed E-state index contributed by atoms with van der Waals surface area (Å²) < 4.78 is 4.92. The van der Waals surface area contributed by atoms with E-state index in [2.05, 4.69) is 167 Å². The monoisotopic (exact) mass is 534 g/mol. The molecule has 0 aliphatic carbocycles. The van der Waals surface area contributed by atoms with E-state index >= 15 is 0 Å². The highest BCUT2D eigenvalue weighted by Gasteiger charge is 2.21. The molecular weight excluding hydrogens is 508 g/mol. The minimum Gasteiger partial charge on any atom is -0.309 e. The van der Waals surface area contributed by atoms with Gasteiger partial charge in [0.2, 0.25) is 0 Å². The van der Waals surface area contributed by atoms with E-state index in [4.69, 9.17) is 0 Å². The summed E-state index contributed by atoms with van der Waals surface area (Å²) >= 11 is 0. The molecule has 0 fully saturated rings. The zero-order valence-electron chi connectivity index (χ0n) is 22.9. The first-order chi connectivity index (χ1) is 20.9. The molecule has 2 heterocycles. The lowest BCUT2D eigenvalue weighted by atomic mass is 9.99. The van der Waals surface area contributed by atoms with Gasteiger partial charge in [0.05, 0.1) is 27.8 Å². The van der Waals surface area contributed by atoms with Crippen molar-refractivity contribution in [1.82, 2.24) is 9.13 Å². The number of nitrogens with zero attached hydrogens (tertiary/aromatic N) is 2. The van der Waals surface area contributed by atoms with E-state index < -0.39 is 0 Å². The Hall–Kier alpha value is -5.60. The van der Waals surface area contributed by atoms with E-state index in [-0.39, 0.29) is 0 Å². The highest BCUT2D eigenvalue weighted by molar-refractivity contribution is 6.26. The van der Waals surface area contributed by atoms with E-state index in [1.165, 1.54) is 76.9 Å². The molecule has 196 valence electrons. The van der Waals surface area contributed by atoms with Crippen LogP contribution in [0.1, 0.15) is 0 Å². The number of aromatic nitrogens is 2. The fourth-order valence-corrected chi connectivity index (χ4v) is 6.89. The van der Waals surface area contributed by atoms with Gasteiger partial charge in [-0.15, -0.1) is 0 Å². The minimum absolute atomic E-state index is 1.17. The third kappa shape index (κ3) is 3.27. The average Bonchev–Trinajstić information content (AvgIpc) is 3.58. The van der Waals surface area contributed by atoms with Gasteiger partial charge in [-0.2, -0.15) is 0 Å². The van der Waals surface area contributed by atoms with Gasteiger partial charge in [0.15, 0.2) is 0 Å². The number of rotatable bonds is 3. The quantitative estimate of drug-likeness (QED) is 0.213. The van der Waals surface area contributed by atoms with Gasteiger partial charge in [0.1, 0.15) is 0 Å². The lowest BCUT2D eigenvalue weighted by Crippen LogP contribution is -1.97. The fraction of sp³-hybridized carbons (Fsp3) is 0. The van der Waals surface area contributed by atoms with Crippen LogP contribution < -0.4 is 0 Å². The van der Waals surface area contributed by atoms with E-state index in [9.17, 15) is 0 Å². The van der Waals surface area contributed by atoms with E-state index in [0.29, 0.717) is 0 Å². The number of para-hydroxylation sites is 3. The Labute approximate surface area is 243 Å². The predicted molar refractivity (Wildman–Crippen MR) is 178 cm³/mol. The lowest BCUT2D eigenvalue weighted by Gasteiger charge is -2.15. The normalized spacial score (nSPS) is 11.8. The second kappa shape index (κ2) is 8.95. The zero-order chi connectivity index (χ0) is 27.6. The van der Waals surface area contributed by atoms with Gasteiger partial charge in [-0.1, -0.05) is 115 Å². The van der Waals surface area contributed by atoms with Crippen LogP contribution in [-0.2, 0) is 0 Å². The molecule has 0 amide bonds. The van der Waals surface area contributed by atoms with Crippen molar-refractivity contribution in [2.45, 2.75) is 0 Å². The maximum Gasteiger partial charge on any atom is 0.0641 e. The molecule has 2 aromatic heterocycles. The molecule has 0 spiro atoms. The highest BCUT2D eigenvalue weighted by atomic mass is 15.0. The lowest BCUT2D eigenvalue weighted by molar-refractivity contribution is 1.18. The Morgan fingerprint density at radius 2 is 0.976 bits per heavy atom. The molecule has 0 N–H and O–H groups in total. The Kier molecular flexibility index (Phi) is 4.93. The third-order valence-corrected chi connectivity index (χ3v) is 8.67. The molecule has 0 saturated heterocycles. The van der Waals surface area contributed by atoms with Crippen LogP contribution >= 0.6 is 0 Å². The van der Waals surface area contributed by atoms with Crippen molar-refractivity contribution in [3.63, 3.8) is 0 Å². The van der Waals surface area contributed by atoms with Gasteiger partial charge in [0.25, 0.3) is 0 Å². The summed E-state index contributed by atoms with van der Waals surface area (Å²) in [5, 5.41) is 7.54. The van der Waals surface area contributed by atoms with Gasteiger partial charge in [-0.25, -0.2) is 0 Å². The second-order valence-electron chi connectivity index (χ2n) is 11.0. The van der Waals surface area contributed by atoms with Crippen molar-refractivity contribution in [3.05, 3.63) is 158 Å². The Morgan fingerprint density at radius 1 is 0.357 bits per heavy atom. The summed E-state index contributed by atoms with van der Waals surface area (Å²) in [7, 11) is 0. The smallest absolute Gasteiger partial charge is 0.0641 e. The molecule has 0 saturated carbocycles. The van der Waals surface area contributed by atoms with Crippen LogP contribution in [0.25, 0.3) is 76.9 Å². The standard InChI is InChI=1S/C40H26N2/c1-3-13-27(14-4-1)29-25-28-15-7-8-18-31(28)38(26-29)42-35-21-11-9-19-32(35)33-23-24-37-39(40(33)42)34-20-10-12-22-36(34)41(37)30-16-5-2-6-17-30/h1-26H. The van der Waals surface area contributed by atoms with Crippen molar-refractivity contribution < 1.29 is 0 Å². The van der Waals surface area contributed by atoms with E-state index in [0.717, 1.165) is 0 Å². The van der Waals surface area contributed by atoms with Crippen molar-refractivity contribution in [3.8, 4) is 22.5 Å². The molecule has 2 nitrogen and oxygen atoms in total. The second-order valence-corrected chi connectivity index (χ2v) is 11.0. The largest absolute Gasteiger partial charge is 0.309 e. The summed E-state index contributed by atoms with van der Waals surface area (Å²) in [5.41, 5.74) is 9.69. The molecule has 9 aromatic rings. The topological polar surface area (TPSA) is 9.86 Å².